The Bertz CT molecular complexity index is 794. The van der Waals surface area contributed by atoms with Gasteiger partial charge in [-0.2, -0.15) is 0 Å². The van der Waals surface area contributed by atoms with Crippen molar-refractivity contribution in [2.75, 3.05) is 0 Å². The van der Waals surface area contributed by atoms with E-state index in [1.54, 1.807) is 12.4 Å². The van der Waals surface area contributed by atoms with E-state index in [1.807, 2.05) is 19.2 Å². The highest BCUT2D eigenvalue weighted by Crippen LogP contribution is 2.55. The normalized spacial score (nSPS) is 27.3. The summed E-state index contributed by atoms with van der Waals surface area (Å²) < 4.78 is 0. The molecule has 2 aromatic rings. The first kappa shape index (κ1) is 17.1. The first-order chi connectivity index (χ1) is 12.6. The molecule has 2 fully saturated rings. The number of hydrogen-bond acceptors (Lipinski definition) is 4. The number of nitrogens with zero attached hydrogens (tertiary/aromatic N) is 3. The number of aromatic nitrogens is 3. The molecule has 0 radical (unpaired) electrons. The highest BCUT2D eigenvalue weighted by molar-refractivity contribution is 5.92. The molecular weight excluding hydrogens is 324 g/mol. The molecule has 2 atom stereocenters. The molecule has 0 spiro atoms. The molecular formula is C21H26N4O. The lowest BCUT2D eigenvalue weighted by Gasteiger charge is -2.40. The van der Waals surface area contributed by atoms with Crippen molar-refractivity contribution in [2.24, 2.45) is 5.41 Å². The van der Waals surface area contributed by atoms with Crippen LogP contribution in [0.2, 0.25) is 0 Å². The molecule has 136 valence electrons. The summed E-state index contributed by atoms with van der Waals surface area (Å²) in [5, 5.41) is 3.33. The average molecular weight is 350 g/mol. The molecule has 1 amide bonds. The number of pyridine rings is 1. The molecule has 0 saturated heterocycles. The average Bonchev–Trinajstić information content (AvgIpc) is 2.91. The number of hydrogen-bond donors (Lipinski definition) is 1. The Kier molecular flexibility index (Phi) is 4.47. The molecule has 0 aliphatic heterocycles. The molecule has 1 N–H and O–H groups in total. The van der Waals surface area contributed by atoms with Gasteiger partial charge in [-0.05, 0) is 69.4 Å². The summed E-state index contributed by atoms with van der Waals surface area (Å²) in [6.07, 6.45) is 14.2. The zero-order valence-electron chi connectivity index (χ0n) is 15.4. The molecule has 26 heavy (non-hydrogen) atoms. The van der Waals surface area contributed by atoms with Crippen LogP contribution in [-0.4, -0.2) is 26.4 Å². The van der Waals surface area contributed by atoms with Gasteiger partial charge in [0, 0.05) is 23.6 Å². The van der Waals surface area contributed by atoms with Gasteiger partial charge in [0.2, 0.25) is 0 Å². The minimum Gasteiger partial charge on any atom is -0.345 e. The van der Waals surface area contributed by atoms with E-state index in [9.17, 15) is 4.79 Å². The van der Waals surface area contributed by atoms with Crippen LogP contribution in [0.25, 0.3) is 0 Å². The molecule has 2 saturated carbocycles. The van der Waals surface area contributed by atoms with Gasteiger partial charge in [0.05, 0.1) is 11.9 Å². The molecule has 2 unspecified atom stereocenters. The smallest absolute Gasteiger partial charge is 0.271 e. The Hall–Kier alpha value is -2.30. The van der Waals surface area contributed by atoms with Crippen molar-refractivity contribution in [3.05, 3.63) is 53.9 Å². The van der Waals surface area contributed by atoms with Crippen molar-refractivity contribution in [3.8, 4) is 0 Å². The van der Waals surface area contributed by atoms with E-state index >= 15 is 0 Å². The van der Waals surface area contributed by atoms with Crippen LogP contribution >= 0.6 is 0 Å². The second-order valence-corrected chi connectivity index (χ2v) is 8.13. The van der Waals surface area contributed by atoms with E-state index in [1.165, 1.54) is 25.0 Å². The maximum absolute atomic E-state index is 12.7. The first-order valence-corrected chi connectivity index (χ1v) is 9.59. The van der Waals surface area contributed by atoms with Crippen molar-refractivity contribution in [3.63, 3.8) is 0 Å². The predicted octanol–water partition coefficient (Wildman–Crippen LogP) is 3.64. The Balaban J connectivity index is 1.44. The van der Waals surface area contributed by atoms with Crippen molar-refractivity contribution in [2.45, 2.75) is 63.8 Å². The number of carbonyl (C=O) groups excluding carboxylic acids is 1. The zero-order valence-corrected chi connectivity index (χ0v) is 15.4. The fourth-order valence-corrected chi connectivity index (χ4v) is 4.95. The number of rotatable bonds is 5. The second-order valence-electron chi connectivity index (χ2n) is 8.13. The highest BCUT2D eigenvalue weighted by Gasteiger charge is 2.51. The van der Waals surface area contributed by atoms with E-state index in [0.717, 1.165) is 37.8 Å². The Morgan fingerprint density at radius 3 is 2.92 bits per heavy atom. The monoisotopic (exact) mass is 350 g/mol. The lowest BCUT2D eigenvalue weighted by molar-refractivity contribution is 0.0842. The van der Waals surface area contributed by atoms with Gasteiger partial charge in [0.15, 0.2) is 0 Å². The van der Waals surface area contributed by atoms with Crippen LogP contribution in [0.4, 0.5) is 0 Å². The summed E-state index contributed by atoms with van der Waals surface area (Å²) in [6.45, 7) is 1.86. The van der Waals surface area contributed by atoms with Gasteiger partial charge in [-0.15, -0.1) is 0 Å². The van der Waals surface area contributed by atoms with E-state index in [2.05, 4.69) is 32.4 Å². The predicted molar refractivity (Wildman–Crippen MR) is 99.7 cm³/mol. The SMILES string of the molecule is Cc1cncc(C(=O)NC23CCCC(CCc4ccccn4)(CC2)C3)n1. The van der Waals surface area contributed by atoms with Crippen LogP contribution in [0.15, 0.2) is 36.8 Å². The summed E-state index contributed by atoms with van der Waals surface area (Å²) >= 11 is 0. The summed E-state index contributed by atoms with van der Waals surface area (Å²) in [5.41, 5.74) is 2.65. The molecule has 2 aromatic heterocycles. The topological polar surface area (TPSA) is 67.8 Å². The van der Waals surface area contributed by atoms with Crippen LogP contribution < -0.4 is 5.32 Å². The third kappa shape index (κ3) is 3.48. The minimum atomic E-state index is -0.0800. The van der Waals surface area contributed by atoms with Crippen LogP contribution in [0.1, 0.15) is 66.8 Å². The lowest BCUT2D eigenvalue weighted by Crippen LogP contribution is -2.49. The maximum Gasteiger partial charge on any atom is 0.271 e. The molecule has 5 nitrogen and oxygen atoms in total. The Morgan fingerprint density at radius 1 is 1.19 bits per heavy atom. The fraction of sp³-hybridized carbons (Fsp3) is 0.524. The number of aryl methyl sites for hydroxylation is 2. The van der Waals surface area contributed by atoms with Crippen molar-refractivity contribution in [1.82, 2.24) is 20.3 Å². The van der Waals surface area contributed by atoms with Crippen LogP contribution in [0.5, 0.6) is 0 Å². The van der Waals surface area contributed by atoms with Crippen molar-refractivity contribution in [1.29, 1.82) is 0 Å². The van der Waals surface area contributed by atoms with Crippen LogP contribution in [-0.2, 0) is 6.42 Å². The summed E-state index contributed by atoms with van der Waals surface area (Å²) in [5.74, 6) is -0.0800. The zero-order chi connectivity index (χ0) is 18.0. The molecule has 0 aromatic carbocycles. The standard InChI is InChI=1S/C21H26N4O/c1-16-13-22-14-18(24-16)19(26)25-21-8-4-7-20(15-21,10-11-21)9-6-17-5-2-3-12-23-17/h2-3,5,12-14H,4,6-11,15H2,1H3,(H,25,26). The molecule has 2 bridgehead atoms. The minimum absolute atomic E-state index is 0.0646. The third-order valence-corrected chi connectivity index (χ3v) is 6.21. The van der Waals surface area contributed by atoms with Crippen molar-refractivity contribution >= 4 is 5.91 Å². The highest BCUT2D eigenvalue weighted by atomic mass is 16.2. The lowest BCUT2D eigenvalue weighted by atomic mass is 9.70. The van der Waals surface area contributed by atoms with Gasteiger partial charge in [-0.3, -0.25) is 14.8 Å². The molecule has 4 rings (SSSR count). The maximum atomic E-state index is 12.7. The number of fused-ring (bicyclic) bond motifs is 2. The molecule has 2 aliphatic rings. The summed E-state index contributed by atoms with van der Waals surface area (Å²) in [6, 6.07) is 6.13. The van der Waals surface area contributed by atoms with Gasteiger partial charge < -0.3 is 5.32 Å². The quantitative estimate of drug-likeness (QED) is 0.894. The van der Waals surface area contributed by atoms with Gasteiger partial charge in [0.25, 0.3) is 5.91 Å². The fourth-order valence-electron chi connectivity index (χ4n) is 4.95. The molecule has 5 heteroatoms. The number of amides is 1. The van der Waals surface area contributed by atoms with E-state index < -0.39 is 0 Å². The molecule has 2 heterocycles. The van der Waals surface area contributed by atoms with E-state index in [-0.39, 0.29) is 11.4 Å². The van der Waals surface area contributed by atoms with Gasteiger partial charge in [-0.1, -0.05) is 12.5 Å². The van der Waals surface area contributed by atoms with E-state index in [4.69, 9.17) is 0 Å². The number of carbonyl (C=O) groups is 1. The van der Waals surface area contributed by atoms with E-state index in [0.29, 0.717) is 11.1 Å². The molecule has 2 aliphatic carbocycles. The van der Waals surface area contributed by atoms with Crippen molar-refractivity contribution < 1.29 is 4.79 Å². The van der Waals surface area contributed by atoms with Crippen LogP contribution in [0.3, 0.4) is 0 Å². The Labute approximate surface area is 154 Å². The van der Waals surface area contributed by atoms with Gasteiger partial charge >= 0.3 is 0 Å². The first-order valence-electron chi connectivity index (χ1n) is 9.59. The summed E-state index contributed by atoms with van der Waals surface area (Å²) in [7, 11) is 0. The van der Waals surface area contributed by atoms with Crippen LogP contribution in [0, 0.1) is 12.3 Å². The largest absolute Gasteiger partial charge is 0.345 e. The second kappa shape index (κ2) is 6.78. The summed E-state index contributed by atoms with van der Waals surface area (Å²) in [4.78, 5) is 25.6. The Morgan fingerprint density at radius 2 is 2.12 bits per heavy atom. The van der Waals surface area contributed by atoms with Gasteiger partial charge in [-0.25, -0.2) is 4.98 Å². The number of nitrogens with one attached hydrogen (secondary N) is 1. The third-order valence-electron chi connectivity index (χ3n) is 6.21. The van der Waals surface area contributed by atoms with Gasteiger partial charge in [0.1, 0.15) is 5.69 Å².